The van der Waals surface area contributed by atoms with Gasteiger partial charge >= 0.3 is 0 Å². The van der Waals surface area contributed by atoms with Gasteiger partial charge in [-0.25, -0.2) is 4.98 Å². The summed E-state index contributed by atoms with van der Waals surface area (Å²) in [5.41, 5.74) is 4.95. The Morgan fingerprint density at radius 2 is 1.40 bits per heavy atom. The molecule has 8 heteroatoms. The van der Waals surface area contributed by atoms with Gasteiger partial charge < -0.3 is 20.1 Å². The van der Waals surface area contributed by atoms with E-state index in [1.54, 1.807) is 0 Å². The second-order valence-corrected chi connectivity index (χ2v) is 7.98. The average molecular weight is 474 g/mol. The van der Waals surface area contributed by atoms with Crippen LogP contribution in [0.3, 0.4) is 0 Å². The average Bonchev–Trinajstić information content (AvgIpc) is 2.88. The summed E-state index contributed by atoms with van der Waals surface area (Å²) in [5, 5.41) is 10.8. The van der Waals surface area contributed by atoms with Crippen molar-refractivity contribution in [1.29, 1.82) is 0 Å². The lowest BCUT2D eigenvalue weighted by Gasteiger charge is -2.36. The molecule has 0 fully saturated rings. The predicted molar refractivity (Wildman–Crippen MR) is 128 cm³/mol. The molecule has 4 rings (SSSR count). The van der Waals surface area contributed by atoms with Crippen LogP contribution in [0, 0.1) is 5.95 Å². The monoisotopic (exact) mass is 473 g/mol. The maximum Gasteiger partial charge on any atom is 0.282 e. The molecular formula is C27H24FN3O4. The number of aliphatic hydroxyl groups is 1. The smallest absolute Gasteiger partial charge is 0.282 e. The van der Waals surface area contributed by atoms with Crippen LogP contribution in [-0.2, 0) is 16.9 Å². The molecule has 0 bridgehead atoms. The number of benzene rings is 3. The first-order valence-corrected chi connectivity index (χ1v) is 11.0. The molecular weight excluding hydrogens is 449 g/mol. The topological polar surface area (TPSA) is 107 Å². The summed E-state index contributed by atoms with van der Waals surface area (Å²) in [5.74, 6) is -2.20. The van der Waals surface area contributed by atoms with Crippen molar-refractivity contribution in [3.8, 4) is 0 Å². The second kappa shape index (κ2) is 10.4. The Morgan fingerprint density at radius 1 is 0.943 bits per heavy atom. The van der Waals surface area contributed by atoms with Crippen molar-refractivity contribution in [2.24, 2.45) is 5.73 Å². The van der Waals surface area contributed by atoms with Crippen LogP contribution in [0.1, 0.15) is 27.2 Å². The van der Waals surface area contributed by atoms with Crippen molar-refractivity contribution in [3.05, 3.63) is 136 Å². The Bertz CT molecular complexity index is 1250. The zero-order valence-corrected chi connectivity index (χ0v) is 18.8. The van der Waals surface area contributed by atoms with Crippen molar-refractivity contribution in [2.75, 3.05) is 6.61 Å². The van der Waals surface area contributed by atoms with Gasteiger partial charge in [0.05, 0.1) is 25.5 Å². The standard InChI is InChI=1S/C27H24FN3O4/c28-23-17-31(26(34)24(30-23)25(29)33)16-22(32)18-35-27(19-10-4-1-5-11-19,20-12-6-2-7-13-20)21-14-8-3-9-15-21/h1-15,17,22,32H,16,18H2,(H2,29,33). The zero-order valence-electron chi connectivity index (χ0n) is 18.8. The number of carbonyl (C=O) groups excluding carboxylic acids is 1. The number of nitrogens with zero attached hydrogens (tertiary/aromatic N) is 2. The van der Waals surface area contributed by atoms with E-state index in [-0.39, 0.29) is 13.2 Å². The van der Waals surface area contributed by atoms with E-state index in [0.717, 1.165) is 27.5 Å². The molecule has 0 aliphatic rings. The van der Waals surface area contributed by atoms with Gasteiger partial charge in [-0.1, -0.05) is 91.0 Å². The Hall–Kier alpha value is -4.14. The third-order valence-electron chi connectivity index (χ3n) is 5.62. The highest BCUT2D eigenvalue weighted by molar-refractivity contribution is 5.90. The number of primary amides is 1. The van der Waals surface area contributed by atoms with Gasteiger partial charge in [-0.2, -0.15) is 4.39 Å². The number of amides is 1. The van der Waals surface area contributed by atoms with E-state index in [9.17, 15) is 19.1 Å². The Balaban J connectivity index is 1.72. The van der Waals surface area contributed by atoms with Crippen LogP contribution in [-0.4, -0.2) is 33.3 Å². The molecule has 7 nitrogen and oxygen atoms in total. The first kappa shape index (κ1) is 24.0. The molecule has 0 aliphatic carbocycles. The van der Waals surface area contributed by atoms with Crippen LogP contribution in [0.4, 0.5) is 4.39 Å². The molecule has 1 atom stereocenters. The molecule has 178 valence electrons. The van der Waals surface area contributed by atoms with E-state index in [2.05, 4.69) is 4.98 Å². The van der Waals surface area contributed by atoms with Gasteiger partial charge in [0.15, 0.2) is 5.69 Å². The quantitative estimate of drug-likeness (QED) is 0.364. The van der Waals surface area contributed by atoms with Crippen molar-refractivity contribution >= 4 is 5.91 Å². The van der Waals surface area contributed by atoms with Gasteiger partial charge in [-0.3, -0.25) is 9.59 Å². The lowest BCUT2D eigenvalue weighted by atomic mass is 9.80. The molecule has 0 saturated carbocycles. The third-order valence-corrected chi connectivity index (χ3v) is 5.62. The number of nitrogens with two attached hydrogens (primary N) is 1. The Kier molecular flexibility index (Phi) is 7.14. The molecule has 1 heterocycles. The van der Waals surface area contributed by atoms with Crippen molar-refractivity contribution in [2.45, 2.75) is 18.2 Å². The van der Waals surface area contributed by atoms with Gasteiger partial charge in [-0.05, 0) is 16.7 Å². The summed E-state index contributed by atoms with van der Waals surface area (Å²) >= 11 is 0. The number of ether oxygens (including phenoxy) is 1. The van der Waals surface area contributed by atoms with E-state index in [0.29, 0.717) is 0 Å². The number of aromatic nitrogens is 2. The van der Waals surface area contributed by atoms with E-state index in [1.807, 2.05) is 91.0 Å². The summed E-state index contributed by atoms with van der Waals surface area (Å²) < 4.78 is 21.2. The number of hydrogen-bond donors (Lipinski definition) is 2. The minimum atomic E-state index is -1.22. The molecule has 0 aliphatic heterocycles. The van der Waals surface area contributed by atoms with Gasteiger partial charge in [0.1, 0.15) is 5.60 Å². The number of halogens is 1. The zero-order chi connectivity index (χ0) is 24.8. The van der Waals surface area contributed by atoms with Crippen molar-refractivity contribution < 1.29 is 19.0 Å². The largest absolute Gasteiger partial charge is 0.389 e. The number of rotatable bonds is 9. The summed E-state index contributed by atoms with van der Waals surface area (Å²) in [6.45, 7) is -0.534. The van der Waals surface area contributed by atoms with E-state index in [1.165, 1.54) is 0 Å². The molecule has 4 aromatic rings. The molecule has 1 aromatic heterocycles. The normalized spacial score (nSPS) is 12.3. The summed E-state index contributed by atoms with van der Waals surface area (Å²) in [4.78, 5) is 27.1. The number of aliphatic hydroxyl groups excluding tert-OH is 1. The SMILES string of the molecule is NC(=O)c1nc(F)cn(CC(O)COC(c2ccccc2)(c2ccccc2)c2ccccc2)c1=O. The van der Waals surface area contributed by atoms with Gasteiger partial charge in [0, 0.05) is 0 Å². The Labute approximate surface area is 201 Å². The van der Waals surface area contributed by atoms with Gasteiger partial charge in [0.25, 0.3) is 11.5 Å². The number of carbonyl (C=O) groups is 1. The molecule has 3 N–H and O–H groups in total. The summed E-state index contributed by atoms with van der Waals surface area (Å²) in [6, 6.07) is 28.8. The minimum Gasteiger partial charge on any atom is -0.389 e. The maximum atomic E-state index is 13.9. The molecule has 1 amide bonds. The highest BCUT2D eigenvalue weighted by Gasteiger charge is 2.38. The fraction of sp³-hybridized carbons (Fsp3) is 0.148. The fourth-order valence-corrected chi connectivity index (χ4v) is 4.07. The second-order valence-electron chi connectivity index (χ2n) is 7.98. The number of hydrogen-bond acceptors (Lipinski definition) is 5. The van der Waals surface area contributed by atoms with Crippen LogP contribution in [0.25, 0.3) is 0 Å². The van der Waals surface area contributed by atoms with Crippen LogP contribution >= 0.6 is 0 Å². The van der Waals surface area contributed by atoms with E-state index >= 15 is 0 Å². The predicted octanol–water partition coefficient (Wildman–Crippen LogP) is 2.85. The van der Waals surface area contributed by atoms with Crippen molar-refractivity contribution in [1.82, 2.24) is 9.55 Å². The van der Waals surface area contributed by atoms with E-state index in [4.69, 9.17) is 10.5 Å². The van der Waals surface area contributed by atoms with Crippen molar-refractivity contribution in [3.63, 3.8) is 0 Å². The lowest BCUT2D eigenvalue weighted by Crippen LogP contribution is -2.39. The van der Waals surface area contributed by atoms with Gasteiger partial charge in [-0.15, -0.1) is 0 Å². The van der Waals surface area contributed by atoms with Crippen LogP contribution in [0.15, 0.2) is 102 Å². The van der Waals surface area contributed by atoms with Crippen LogP contribution in [0.2, 0.25) is 0 Å². The lowest BCUT2D eigenvalue weighted by molar-refractivity contribution is -0.0426. The molecule has 0 radical (unpaired) electrons. The molecule has 35 heavy (non-hydrogen) atoms. The molecule has 3 aromatic carbocycles. The minimum absolute atomic E-state index is 0.207. The van der Waals surface area contributed by atoms with Crippen LogP contribution in [0.5, 0.6) is 0 Å². The highest BCUT2D eigenvalue weighted by Crippen LogP contribution is 2.40. The highest BCUT2D eigenvalue weighted by atomic mass is 19.1. The van der Waals surface area contributed by atoms with Gasteiger partial charge in [0.2, 0.25) is 5.95 Å². The molecule has 0 spiro atoms. The maximum absolute atomic E-state index is 13.9. The Morgan fingerprint density at radius 3 is 1.83 bits per heavy atom. The summed E-state index contributed by atoms with van der Waals surface area (Å²) in [6.07, 6.45) is -0.401. The van der Waals surface area contributed by atoms with E-state index < -0.39 is 34.8 Å². The first-order chi connectivity index (χ1) is 16.9. The molecule has 1 unspecified atom stereocenters. The molecule has 0 saturated heterocycles. The third kappa shape index (κ3) is 5.03. The fourth-order valence-electron chi connectivity index (χ4n) is 4.07. The van der Waals surface area contributed by atoms with Crippen LogP contribution < -0.4 is 11.3 Å². The first-order valence-electron chi connectivity index (χ1n) is 11.0. The summed E-state index contributed by atoms with van der Waals surface area (Å²) in [7, 11) is 0.